The Morgan fingerprint density at radius 3 is 2.11 bits per heavy atom. The van der Waals surface area contributed by atoms with Crippen LogP contribution in [0.1, 0.15) is 73.6 Å². The van der Waals surface area contributed by atoms with Gasteiger partial charge in [-0.05, 0) is 60.8 Å². The van der Waals surface area contributed by atoms with Crippen molar-refractivity contribution in [2.24, 2.45) is 0 Å². The van der Waals surface area contributed by atoms with Crippen LogP contribution in [0.25, 0.3) is 12.2 Å². The molecule has 4 heteroatoms. The fourth-order valence-electron chi connectivity index (χ4n) is 6.31. The molecule has 1 amide bonds. The number of amides is 1. The van der Waals surface area contributed by atoms with Crippen LogP contribution in [-0.4, -0.2) is 37.2 Å². The maximum Gasteiger partial charge on any atom is 0.246 e. The molecule has 0 aromatic heterocycles. The normalized spacial score (nSPS) is 24.0. The summed E-state index contributed by atoms with van der Waals surface area (Å²) in [6.07, 6.45) is 22.8. The summed E-state index contributed by atoms with van der Waals surface area (Å²) in [5, 5.41) is 0. The molecule has 1 aliphatic carbocycles. The van der Waals surface area contributed by atoms with Gasteiger partial charge in [-0.25, -0.2) is 0 Å². The summed E-state index contributed by atoms with van der Waals surface area (Å²) in [5.74, 6) is 0.985. The lowest BCUT2D eigenvalue weighted by Gasteiger charge is -2.30. The van der Waals surface area contributed by atoms with Crippen molar-refractivity contribution < 1.29 is 9.53 Å². The molecular weight excluding hydrogens is 444 g/mol. The number of rotatable bonds is 2. The first kappa shape index (κ1) is 23.3. The van der Waals surface area contributed by atoms with Crippen LogP contribution in [0, 0.1) is 0 Å². The van der Waals surface area contributed by atoms with Gasteiger partial charge in [0.05, 0.1) is 6.67 Å². The van der Waals surface area contributed by atoms with Crippen LogP contribution in [0.3, 0.4) is 0 Å². The first-order valence-electron chi connectivity index (χ1n) is 13.7. The van der Waals surface area contributed by atoms with Crippen molar-refractivity contribution >= 4 is 23.7 Å². The van der Waals surface area contributed by atoms with Crippen molar-refractivity contribution in [3.05, 3.63) is 83.0 Å². The van der Waals surface area contributed by atoms with Crippen molar-refractivity contribution in [3.63, 3.8) is 0 Å². The van der Waals surface area contributed by atoms with E-state index in [2.05, 4.69) is 59.5 Å². The Balaban J connectivity index is 1.35. The van der Waals surface area contributed by atoms with Crippen LogP contribution in [0.2, 0.25) is 0 Å². The predicted molar refractivity (Wildman–Crippen MR) is 147 cm³/mol. The molecule has 3 heterocycles. The Labute approximate surface area is 214 Å². The summed E-state index contributed by atoms with van der Waals surface area (Å²) in [6, 6.07) is 12.7. The second-order valence-corrected chi connectivity index (χ2v) is 10.6. The Bertz CT molecular complexity index is 1210. The molecule has 2 aromatic carbocycles. The van der Waals surface area contributed by atoms with Crippen LogP contribution < -0.4 is 9.64 Å². The molecule has 3 aliphatic heterocycles. The van der Waals surface area contributed by atoms with Gasteiger partial charge >= 0.3 is 0 Å². The SMILES string of the molecule is O=C1N(CN2CCCCCCCCCC2)c2ccccc2C12COc1cc3c(cc12)C=CC=CC=C3. The second kappa shape index (κ2) is 10.1. The summed E-state index contributed by atoms with van der Waals surface area (Å²) >= 11 is 0. The van der Waals surface area contributed by atoms with E-state index < -0.39 is 5.41 Å². The number of hydrogen-bond acceptors (Lipinski definition) is 3. The van der Waals surface area contributed by atoms with Crippen molar-refractivity contribution in [1.82, 2.24) is 4.90 Å². The van der Waals surface area contributed by atoms with Gasteiger partial charge in [0.25, 0.3) is 0 Å². The predicted octanol–water partition coefficient (Wildman–Crippen LogP) is 6.70. The minimum Gasteiger partial charge on any atom is -0.491 e. The fraction of sp³-hybridized carbons (Fsp3) is 0.406. The Kier molecular flexibility index (Phi) is 6.54. The summed E-state index contributed by atoms with van der Waals surface area (Å²) in [6.45, 7) is 3.14. The molecule has 6 rings (SSSR count). The monoisotopic (exact) mass is 480 g/mol. The van der Waals surface area contributed by atoms with Gasteiger partial charge in [0.1, 0.15) is 17.8 Å². The maximum atomic E-state index is 14.4. The van der Waals surface area contributed by atoms with Gasteiger partial charge in [0, 0.05) is 11.3 Å². The minimum atomic E-state index is -0.773. The number of carbonyl (C=O) groups excluding carboxylic acids is 1. The van der Waals surface area contributed by atoms with Gasteiger partial charge in [0.15, 0.2) is 0 Å². The van der Waals surface area contributed by atoms with Crippen molar-refractivity contribution in [1.29, 1.82) is 0 Å². The lowest BCUT2D eigenvalue weighted by atomic mass is 9.76. The van der Waals surface area contributed by atoms with Crippen molar-refractivity contribution in [3.8, 4) is 5.75 Å². The standard InChI is InChI=1S/C32H36N2O2/c35-31-32(23-36-30-22-26-16-10-6-5-9-15-25(26)21-28(30)32)27-17-11-12-18-29(27)34(31)24-33-19-13-7-3-1-2-4-8-14-20-33/h5-6,9-12,15-18,21-22H,1-4,7-8,13-14,19-20,23-24H2. The zero-order valence-corrected chi connectivity index (χ0v) is 21.1. The highest BCUT2D eigenvalue weighted by molar-refractivity contribution is 6.11. The number of anilines is 1. The Morgan fingerprint density at radius 2 is 1.39 bits per heavy atom. The van der Waals surface area contributed by atoms with E-state index in [9.17, 15) is 4.79 Å². The third kappa shape index (κ3) is 4.12. The van der Waals surface area contributed by atoms with Crippen molar-refractivity contribution in [2.75, 3.05) is 31.3 Å². The van der Waals surface area contributed by atoms with E-state index in [0.717, 1.165) is 46.8 Å². The molecule has 1 unspecified atom stereocenters. The number of ether oxygens (including phenoxy) is 1. The van der Waals surface area contributed by atoms with Gasteiger partial charge < -0.3 is 4.74 Å². The van der Waals surface area contributed by atoms with Gasteiger partial charge in [-0.3, -0.25) is 14.6 Å². The number of fused-ring (bicyclic) bond motifs is 5. The topological polar surface area (TPSA) is 32.8 Å². The smallest absolute Gasteiger partial charge is 0.246 e. The zero-order valence-electron chi connectivity index (χ0n) is 21.1. The Morgan fingerprint density at radius 1 is 0.750 bits per heavy atom. The zero-order chi connectivity index (χ0) is 24.4. The Hall–Kier alpha value is -3.11. The third-order valence-electron chi connectivity index (χ3n) is 8.28. The molecule has 36 heavy (non-hydrogen) atoms. The van der Waals surface area contributed by atoms with Crippen LogP contribution in [0.4, 0.5) is 5.69 Å². The van der Waals surface area contributed by atoms with Crippen LogP contribution in [0.15, 0.2) is 60.7 Å². The average Bonchev–Trinajstić information content (AvgIpc) is 3.34. The highest BCUT2D eigenvalue weighted by atomic mass is 16.5. The first-order valence-corrected chi connectivity index (χ1v) is 13.7. The molecule has 0 N–H and O–H groups in total. The molecule has 1 atom stereocenters. The van der Waals surface area contributed by atoms with Crippen molar-refractivity contribution in [2.45, 2.75) is 56.8 Å². The molecule has 0 bridgehead atoms. The maximum absolute atomic E-state index is 14.4. The van der Waals surface area contributed by atoms with Crippen LogP contribution in [-0.2, 0) is 10.2 Å². The molecule has 1 saturated heterocycles. The molecule has 2 aromatic rings. The van der Waals surface area contributed by atoms with Crippen LogP contribution in [0.5, 0.6) is 5.75 Å². The van der Waals surface area contributed by atoms with Crippen LogP contribution >= 0.6 is 0 Å². The largest absolute Gasteiger partial charge is 0.491 e. The van der Waals surface area contributed by atoms with E-state index >= 15 is 0 Å². The van der Waals surface area contributed by atoms with E-state index in [0.29, 0.717) is 13.3 Å². The molecule has 4 aliphatic rings. The number of para-hydroxylation sites is 1. The number of benzene rings is 2. The average molecular weight is 481 g/mol. The molecule has 186 valence electrons. The summed E-state index contributed by atoms with van der Waals surface area (Å²) in [4.78, 5) is 19.0. The molecule has 0 radical (unpaired) electrons. The molecule has 1 spiro atoms. The highest BCUT2D eigenvalue weighted by Crippen LogP contribution is 2.53. The number of nitrogens with zero attached hydrogens (tertiary/aromatic N) is 2. The number of hydrogen-bond donors (Lipinski definition) is 0. The van der Waals surface area contributed by atoms with E-state index in [-0.39, 0.29) is 5.91 Å². The van der Waals surface area contributed by atoms with E-state index in [1.54, 1.807) is 0 Å². The minimum absolute atomic E-state index is 0.155. The van der Waals surface area contributed by atoms with E-state index in [1.165, 1.54) is 51.4 Å². The molecule has 1 fully saturated rings. The number of allylic oxidation sites excluding steroid dienone is 4. The summed E-state index contributed by atoms with van der Waals surface area (Å²) < 4.78 is 6.28. The molecular formula is C32H36N2O2. The summed E-state index contributed by atoms with van der Waals surface area (Å²) in [7, 11) is 0. The molecule has 4 nitrogen and oxygen atoms in total. The van der Waals surface area contributed by atoms with Gasteiger partial charge in [-0.2, -0.15) is 0 Å². The fourth-order valence-corrected chi connectivity index (χ4v) is 6.31. The van der Waals surface area contributed by atoms with Gasteiger partial charge in [-0.1, -0.05) is 93.2 Å². The first-order chi connectivity index (χ1) is 17.8. The van der Waals surface area contributed by atoms with E-state index in [4.69, 9.17) is 4.74 Å². The van der Waals surface area contributed by atoms with Gasteiger partial charge in [-0.15, -0.1) is 0 Å². The lowest BCUT2D eigenvalue weighted by Crippen LogP contribution is -2.47. The quantitative estimate of drug-likeness (QED) is 0.479. The van der Waals surface area contributed by atoms with Gasteiger partial charge in [0.2, 0.25) is 5.91 Å². The third-order valence-corrected chi connectivity index (χ3v) is 8.28. The second-order valence-electron chi connectivity index (χ2n) is 10.6. The molecule has 0 saturated carbocycles. The lowest BCUT2D eigenvalue weighted by molar-refractivity contribution is -0.122. The highest BCUT2D eigenvalue weighted by Gasteiger charge is 2.57. The van der Waals surface area contributed by atoms with E-state index in [1.807, 2.05) is 23.1 Å². The summed E-state index contributed by atoms with van der Waals surface area (Å²) in [5.41, 5.74) is 4.59. The number of carbonyl (C=O) groups is 1.